The fourth-order valence-corrected chi connectivity index (χ4v) is 6.84. The van der Waals surface area contributed by atoms with Gasteiger partial charge in [-0.05, 0) is 32.8 Å². The molecular weight excluding hydrogens is 488 g/mol. The number of nitrogens with two attached hydrogens (primary N) is 1. The molecule has 1 spiro atoms. The molecule has 2 aromatic heterocycles. The number of rotatable bonds is 5. The largest absolute Gasteiger partial charge is 0.390 e. The van der Waals surface area contributed by atoms with Crippen LogP contribution < -0.4 is 15.5 Å². The molecule has 3 N–H and O–H groups in total. The van der Waals surface area contributed by atoms with Crippen molar-refractivity contribution < 1.29 is 14.6 Å². The van der Waals surface area contributed by atoms with Crippen LogP contribution >= 0.6 is 23.4 Å². The van der Waals surface area contributed by atoms with E-state index in [1.54, 1.807) is 6.20 Å². The summed E-state index contributed by atoms with van der Waals surface area (Å²) in [6, 6.07) is 2.33. The van der Waals surface area contributed by atoms with Crippen molar-refractivity contribution in [2.45, 2.75) is 67.5 Å². The van der Waals surface area contributed by atoms with Crippen LogP contribution in [0.1, 0.15) is 31.2 Å². The molecule has 0 bridgehead atoms. The normalized spacial score (nSPS) is 29.2. The minimum atomic E-state index is -0.177. The van der Waals surface area contributed by atoms with Gasteiger partial charge in [-0.15, -0.1) is 0 Å². The fraction of sp³-hybridized carbons (Fsp3) is 0.625. The number of aryl methyl sites for hydroxylation is 1. The molecule has 9 nitrogen and oxygen atoms in total. The van der Waals surface area contributed by atoms with Crippen LogP contribution in [0, 0.1) is 12.3 Å². The SMILES string of the molecule is Cc1nc(N2CCC3(CC2)CO[C@@H](C)[C@H]3N)c(CO)nc1Sc1ccnc(N2CC3OC[C@H]32)c1Cl. The smallest absolute Gasteiger partial charge is 0.153 e. The second kappa shape index (κ2) is 9.00. The second-order valence-electron chi connectivity index (χ2n) is 10.1. The molecule has 0 aliphatic carbocycles. The minimum Gasteiger partial charge on any atom is -0.390 e. The Kier molecular flexibility index (Phi) is 6.10. The van der Waals surface area contributed by atoms with Gasteiger partial charge in [0, 0.05) is 42.2 Å². The Bertz CT molecular complexity index is 1130. The maximum absolute atomic E-state index is 10.2. The quantitative estimate of drug-likeness (QED) is 0.612. The zero-order chi connectivity index (χ0) is 24.3. The molecule has 1 unspecified atom stereocenters. The summed E-state index contributed by atoms with van der Waals surface area (Å²) in [5, 5.41) is 11.5. The minimum absolute atomic E-state index is 0.0332. The highest BCUT2D eigenvalue weighted by molar-refractivity contribution is 7.99. The lowest BCUT2D eigenvalue weighted by Crippen LogP contribution is -2.71. The van der Waals surface area contributed by atoms with Gasteiger partial charge < -0.3 is 30.1 Å². The molecule has 0 aromatic carbocycles. The van der Waals surface area contributed by atoms with Crippen molar-refractivity contribution >= 4 is 35.0 Å². The third-order valence-corrected chi connectivity index (χ3v) is 9.76. The zero-order valence-electron chi connectivity index (χ0n) is 20.0. The molecule has 2 aromatic rings. The molecule has 6 rings (SSSR count). The third kappa shape index (κ3) is 3.89. The number of aromatic nitrogens is 3. The van der Waals surface area contributed by atoms with E-state index >= 15 is 0 Å². The van der Waals surface area contributed by atoms with Crippen molar-refractivity contribution in [3.05, 3.63) is 28.7 Å². The van der Waals surface area contributed by atoms with Crippen molar-refractivity contribution in [3.63, 3.8) is 0 Å². The molecule has 35 heavy (non-hydrogen) atoms. The maximum Gasteiger partial charge on any atom is 0.153 e. The molecule has 188 valence electrons. The van der Waals surface area contributed by atoms with Crippen molar-refractivity contribution in [2.24, 2.45) is 11.1 Å². The number of hydrogen-bond acceptors (Lipinski definition) is 10. The summed E-state index contributed by atoms with van der Waals surface area (Å²) in [6.45, 7) is 7.73. The first-order valence-electron chi connectivity index (χ1n) is 12.2. The summed E-state index contributed by atoms with van der Waals surface area (Å²) in [5.74, 6) is 1.54. The van der Waals surface area contributed by atoms with Crippen LogP contribution in [0.25, 0.3) is 0 Å². The average Bonchev–Trinajstić information content (AvgIpc) is 3.12. The predicted octanol–water partition coefficient (Wildman–Crippen LogP) is 2.40. The summed E-state index contributed by atoms with van der Waals surface area (Å²) < 4.78 is 11.4. The molecule has 0 radical (unpaired) electrons. The number of aliphatic hydroxyl groups excluding tert-OH is 1. The number of hydrogen-bond donors (Lipinski definition) is 2. The van der Waals surface area contributed by atoms with Crippen LogP contribution in [0.4, 0.5) is 11.6 Å². The first kappa shape index (κ1) is 23.7. The van der Waals surface area contributed by atoms with E-state index in [9.17, 15) is 5.11 Å². The number of aliphatic hydroxyl groups is 1. The van der Waals surface area contributed by atoms with Crippen molar-refractivity contribution in [3.8, 4) is 0 Å². The monoisotopic (exact) mass is 518 g/mol. The lowest BCUT2D eigenvalue weighted by molar-refractivity contribution is -0.113. The number of piperidine rings is 1. The highest BCUT2D eigenvalue weighted by Crippen LogP contribution is 2.44. The summed E-state index contributed by atoms with van der Waals surface area (Å²) >= 11 is 8.23. The van der Waals surface area contributed by atoms with Gasteiger partial charge in [-0.3, -0.25) is 0 Å². The predicted molar refractivity (Wildman–Crippen MR) is 134 cm³/mol. The Morgan fingerprint density at radius 1 is 1.26 bits per heavy atom. The van der Waals surface area contributed by atoms with Gasteiger partial charge >= 0.3 is 0 Å². The number of nitrogens with zero attached hydrogens (tertiary/aromatic N) is 5. The van der Waals surface area contributed by atoms with E-state index in [4.69, 9.17) is 36.8 Å². The van der Waals surface area contributed by atoms with Gasteiger partial charge in [0.05, 0.1) is 48.8 Å². The van der Waals surface area contributed by atoms with Gasteiger partial charge in [-0.1, -0.05) is 23.4 Å². The van der Waals surface area contributed by atoms with Crippen molar-refractivity contribution in [2.75, 3.05) is 42.6 Å². The summed E-state index contributed by atoms with van der Waals surface area (Å²) in [5.41, 5.74) is 7.90. The Morgan fingerprint density at radius 3 is 2.66 bits per heavy atom. The number of anilines is 2. The highest BCUT2D eigenvalue weighted by atomic mass is 35.5. The molecule has 11 heteroatoms. The summed E-state index contributed by atoms with van der Waals surface area (Å²) in [7, 11) is 0. The molecule has 6 heterocycles. The number of fused-ring (bicyclic) bond motifs is 1. The van der Waals surface area contributed by atoms with E-state index in [0.29, 0.717) is 22.9 Å². The molecule has 0 amide bonds. The Labute approximate surface area is 214 Å². The number of morpholine rings is 1. The Morgan fingerprint density at radius 2 is 2.06 bits per heavy atom. The first-order chi connectivity index (χ1) is 16.9. The van der Waals surface area contributed by atoms with E-state index < -0.39 is 0 Å². The van der Waals surface area contributed by atoms with Gasteiger partial charge in [0.15, 0.2) is 5.82 Å². The van der Waals surface area contributed by atoms with Crippen LogP contribution in [0.3, 0.4) is 0 Å². The highest BCUT2D eigenvalue weighted by Gasteiger charge is 2.49. The first-order valence-corrected chi connectivity index (χ1v) is 13.4. The van der Waals surface area contributed by atoms with Crippen molar-refractivity contribution in [1.29, 1.82) is 0 Å². The van der Waals surface area contributed by atoms with E-state index in [1.807, 2.05) is 13.0 Å². The molecule has 4 aliphatic rings. The number of ether oxygens (including phenoxy) is 2. The standard InChI is InChI=1S/C24H31ClN6O3S/c1-13-23(35-18-3-6-27-22(19(18)25)31-9-17-16(31)11-33-17)29-15(10-32)21(28-13)30-7-4-24(5-8-30)12-34-14(2)20(24)26/h3,6,14,16-17,20,32H,4-5,7-12,26H2,1-2H3/t14-,16+,17?,20+/m0/s1. The summed E-state index contributed by atoms with van der Waals surface area (Å²) in [4.78, 5) is 19.5. The lowest BCUT2D eigenvalue weighted by Gasteiger charge is -2.55. The van der Waals surface area contributed by atoms with E-state index in [0.717, 1.165) is 72.9 Å². The topological polar surface area (TPSA) is 110 Å². The van der Waals surface area contributed by atoms with Crippen LogP contribution in [0.5, 0.6) is 0 Å². The van der Waals surface area contributed by atoms with E-state index in [2.05, 4.69) is 21.7 Å². The molecule has 4 saturated heterocycles. The van der Waals surface area contributed by atoms with Crippen LogP contribution in [-0.4, -0.2) is 77.2 Å². The molecule has 0 saturated carbocycles. The van der Waals surface area contributed by atoms with Gasteiger partial charge in [-0.2, -0.15) is 0 Å². The van der Waals surface area contributed by atoms with Gasteiger partial charge in [0.1, 0.15) is 16.5 Å². The van der Waals surface area contributed by atoms with Gasteiger partial charge in [-0.25, -0.2) is 15.0 Å². The molecule has 4 atom stereocenters. The van der Waals surface area contributed by atoms with Gasteiger partial charge in [0.2, 0.25) is 0 Å². The van der Waals surface area contributed by atoms with Crippen LogP contribution in [0.2, 0.25) is 5.02 Å². The van der Waals surface area contributed by atoms with Crippen molar-refractivity contribution in [1.82, 2.24) is 15.0 Å². The fourth-order valence-electron chi connectivity index (χ4n) is 5.63. The van der Waals surface area contributed by atoms with Crippen LogP contribution in [-0.2, 0) is 16.1 Å². The molecule has 4 aliphatic heterocycles. The van der Waals surface area contributed by atoms with E-state index in [-0.39, 0.29) is 24.2 Å². The third-order valence-electron chi connectivity index (χ3n) is 8.13. The molecule has 4 fully saturated rings. The van der Waals surface area contributed by atoms with Crippen LogP contribution in [0.15, 0.2) is 22.2 Å². The number of halogens is 1. The summed E-state index contributed by atoms with van der Waals surface area (Å²) in [6.07, 6.45) is 4.07. The molecular formula is C24H31ClN6O3S. The van der Waals surface area contributed by atoms with Gasteiger partial charge in [0.25, 0.3) is 0 Å². The average molecular weight is 519 g/mol. The van der Waals surface area contributed by atoms with E-state index in [1.165, 1.54) is 11.8 Å². The Balaban J connectivity index is 1.21. The Hall–Kier alpha value is -1.69. The zero-order valence-corrected chi connectivity index (χ0v) is 21.6. The number of pyridine rings is 1. The lowest BCUT2D eigenvalue weighted by atomic mass is 9.73. The second-order valence-corrected chi connectivity index (χ2v) is 11.5. The maximum atomic E-state index is 10.2.